The van der Waals surface area contributed by atoms with E-state index in [1.165, 1.54) is 11.8 Å². The Kier molecular flexibility index (Phi) is 4.59. The zero-order chi connectivity index (χ0) is 15.9. The fraction of sp³-hybridized carbons (Fsp3) is 0.200. The van der Waals surface area contributed by atoms with Crippen molar-refractivity contribution in [1.82, 2.24) is 9.97 Å². The van der Waals surface area contributed by atoms with Gasteiger partial charge in [0.25, 0.3) is 0 Å². The van der Waals surface area contributed by atoms with Crippen molar-refractivity contribution in [3.05, 3.63) is 32.7 Å². The molecule has 1 aromatic heterocycles. The average Bonchev–Trinajstić information content (AvgIpc) is 2.52. The van der Waals surface area contributed by atoms with E-state index in [0.717, 1.165) is 26.0 Å². The minimum Gasteiger partial charge on any atom is -0.504 e. The van der Waals surface area contributed by atoms with Gasteiger partial charge in [0, 0.05) is 10.6 Å². The van der Waals surface area contributed by atoms with Crippen LogP contribution in [0.4, 0.5) is 0 Å². The lowest BCUT2D eigenvalue weighted by molar-refractivity contribution is 0.322. The number of phenols is 1. The summed E-state index contributed by atoms with van der Waals surface area (Å²) < 4.78 is 1.33. The summed E-state index contributed by atoms with van der Waals surface area (Å²) in [6, 6.07) is 5.78. The normalized spacial score (nSPS) is 11.5. The third-order valence-corrected chi connectivity index (χ3v) is 6.43. The van der Waals surface area contributed by atoms with Crippen LogP contribution in [0.5, 0.6) is 5.75 Å². The monoisotopic (exact) mass is 442 g/mol. The zero-order valence-electron chi connectivity index (χ0n) is 11.6. The molecule has 2 aromatic carbocycles. The van der Waals surface area contributed by atoms with Crippen molar-refractivity contribution in [1.29, 1.82) is 0 Å². The Morgan fingerprint density at radius 3 is 2.59 bits per heavy atom. The number of fused-ring (bicyclic) bond motifs is 2. The number of aromatic hydroxyl groups is 1. The number of nitrogens with zero attached hydrogens (tertiary/aromatic N) is 2. The Morgan fingerprint density at radius 1 is 1.09 bits per heavy atom. The molecule has 0 fully saturated rings. The topological polar surface area (TPSA) is 66.2 Å². The molecular formula is C15H12Br2N2O2S. The lowest BCUT2D eigenvalue weighted by Gasteiger charge is -2.12. The third kappa shape index (κ3) is 2.60. The van der Waals surface area contributed by atoms with Crippen LogP contribution in [0, 0.1) is 6.92 Å². The predicted molar refractivity (Wildman–Crippen MR) is 96.7 cm³/mol. The Balaban J connectivity index is 2.38. The zero-order valence-corrected chi connectivity index (χ0v) is 15.6. The molecule has 0 saturated heterocycles. The van der Waals surface area contributed by atoms with E-state index in [-0.39, 0.29) is 12.4 Å². The number of phenolic OH excluding ortho intramolecular Hbond substituents is 1. The summed E-state index contributed by atoms with van der Waals surface area (Å²) in [5, 5.41) is 19.5. The second kappa shape index (κ2) is 6.31. The Labute approximate surface area is 148 Å². The highest BCUT2D eigenvalue weighted by Crippen LogP contribution is 2.45. The SMILES string of the molecule is Cc1cccc2nc3c(O)c(Br)c(SCCO)c(Br)c3nc12. The lowest BCUT2D eigenvalue weighted by Crippen LogP contribution is -1.95. The number of thioether (sulfide) groups is 1. The third-order valence-electron chi connectivity index (χ3n) is 3.27. The van der Waals surface area contributed by atoms with Gasteiger partial charge in [0.1, 0.15) is 11.0 Å². The number of aliphatic hydroxyl groups excluding tert-OH is 1. The molecule has 0 aliphatic carbocycles. The van der Waals surface area contributed by atoms with Gasteiger partial charge in [-0.2, -0.15) is 0 Å². The van der Waals surface area contributed by atoms with Crippen LogP contribution in [0.3, 0.4) is 0 Å². The first-order chi connectivity index (χ1) is 10.5. The molecule has 0 atom stereocenters. The van der Waals surface area contributed by atoms with Crippen LogP contribution in [0.15, 0.2) is 32.0 Å². The number of benzene rings is 2. The summed E-state index contributed by atoms with van der Waals surface area (Å²) in [6.07, 6.45) is 0. The number of halogens is 2. The van der Waals surface area contributed by atoms with Gasteiger partial charge in [0.05, 0.1) is 26.6 Å². The largest absolute Gasteiger partial charge is 0.504 e. The summed E-state index contributed by atoms with van der Waals surface area (Å²) in [5.74, 6) is 0.594. The van der Waals surface area contributed by atoms with Crippen molar-refractivity contribution < 1.29 is 10.2 Å². The molecule has 0 radical (unpaired) electrons. The summed E-state index contributed by atoms with van der Waals surface area (Å²) in [7, 11) is 0. The maximum Gasteiger partial charge on any atom is 0.158 e. The van der Waals surface area contributed by atoms with Crippen LogP contribution in [0.1, 0.15) is 5.56 Å². The quantitative estimate of drug-likeness (QED) is 0.463. The van der Waals surface area contributed by atoms with E-state index < -0.39 is 0 Å². The van der Waals surface area contributed by atoms with E-state index in [0.29, 0.717) is 21.3 Å². The molecule has 4 nitrogen and oxygen atoms in total. The van der Waals surface area contributed by atoms with Crippen LogP contribution in [-0.4, -0.2) is 32.5 Å². The molecule has 0 saturated carbocycles. The Bertz CT molecular complexity index is 887. The Morgan fingerprint density at radius 2 is 1.86 bits per heavy atom. The van der Waals surface area contributed by atoms with E-state index in [9.17, 15) is 5.11 Å². The smallest absolute Gasteiger partial charge is 0.158 e. The summed E-state index contributed by atoms with van der Waals surface area (Å²) in [6.45, 7) is 2.04. The number of para-hydroxylation sites is 1. The van der Waals surface area contributed by atoms with E-state index in [2.05, 4.69) is 41.8 Å². The van der Waals surface area contributed by atoms with Crippen LogP contribution < -0.4 is 0 Å². The molecule has 3 rings (SSSR count). The number of aromatic nitrogens is 2. The molecular weight excluding hydrogens is 432 g/mol. The van der Waals surface area contributed by atoms with Crippen LogP contribution in [0.2, 0.25) is 0 Å². The number of aliphatic hydroxyl groups is 1. The minimum absolute atomic E-state index is 0.0604. The number of hydrogen-bond donors (Lipinski definition) is 2. The van der Waals surface area contributed by atoms with Gasteiger partial charge in [-0.05, 0) is 50.4 Å². The van der Waals surface area contributed by atoms with E-state index in [4.69, 9.17) is 5.11 Å². The molecule has 3 aromatic rings. The van der Waals surface area contributed by atoms with Crippen molar-refractivity contribution in [2.24, 2.45) is 0 Å². The lowest BCUT2D eigenvalue weighted by atomic mass is 10.2. The van der Waals surface area contributed by atoms with Crippen LogP contribution in [-0.2, 0) is 0 Å². The van der Waals surface area contributed by atoms with Crippen molar-refractivity contribution in [3.8, 4) is 5.75 Å². The van der Waals surface area contributed by atoms with Crippen molar-refractivity contribution in [3.63, 3.8) is 0 Å². The first-order valence-electron chi connectivity index (χ1n) is 6.55. The summed E-state index contributed by atoms with van der Waals surface area (Å²) in [4.78, 5) is 10.0. The van der Waals surface area contributed by atoms with Crippen LogP contribution in [0.25, 0.3) is 22.1 Å². The molecule has 7 heteroatoms. The van der Waals surface area contributed by atoms with Gasteiger partial charge in [-0.15, -0.1) is 11.8 Å². The van der Waals surface area contributed by atoms with Gasteiger partial charge >= 0.3 is 0 Å². The maximum absolute atomic E-state index is 10.4. The van der Waals surface area contributed by atoms with E-state index >= 15 is 0 Å². The molecule has 0 bridgehead atoms. The second-order valence-corrected chi connectivity index (χ2v) is 7.43. The van der Waals surface area contributed by atoms with Crippen molar-refractivity contribution >= 4 is 65.7 Å². The molecule has 0 aliphatic rings. The minimum atomic E-state index is 0.0604. The van der Waals surface area contributed by atoms with Gasteiger partial charge in [-0.3, -0.25) is 0 Å². The van der Waals surface area contributed by atoms with Gasteiger partial charge in [0.15, 0.2) is 5.75 Å². The van der Waals surface area contributed by atoms with Gasteiger partial charge in [0.2, 0.25) is 0 Å². The molecule has 22 heavy (non-hydrogen) atoms. The summed E-state index contributed by atoms with van der Waals surface area (Å²) >= 11 is 8.41. The number of hydrogen-bond acceptors (Lipinski definition) is 5. The highest BCUT2D eigenvalue weighted by molar-refractivity contribution is 9.11. The van der Waals surface area contributed by atoms with E-state index in [1.807, 2.05) is 25.1 Å². The van der Waals surface area contributed by atoms with Gasteiger partial charge in [-0.25, -0.2) is 9.97 Å². The Hall–Kier alpha value is -0.890. The van der Waals surface area contributed by atoms with Gasteiger partial charge < -0.3 is 10.2 Å². The maximum atomic E-state index is 10.4. The number of aryl methyl sites for hydroxylation is 1. The molecule has 114 valence electrons. The summed E-state index contributed by atoms with van der Waals surface area (Å²) in [5.41, 5.74) is 3.66. The van der Waals surface area contributed by atoms with Crippen molar-refractivity contribution in [2.45, 2.75) is 11.8 Å². The van der Waals surface area contributed by atoms with Crippen LogP contribution >= 0.6 is 43.6 Å². The molecule has 0 amide bonds. The fourth-order valence-corrected chi connectivity index (χ4v) is 4.78. The van der Waals surface area contributed by atoms with E-state index in [1.54, 1.807) is 0 Å². The highest BCUT2D eigenvalue weighted by atomic mass is 79.9. The molecule has 1 heterocycles. The first-order valence-corrected chi connectivity index (χ1v) is 9.12. The highest BCUT2D eigenvalue weighted by Gasteiger charge is 2.19. The average molecular weight is 444 g/mol. The van der Waals surface area contributed by atoms with Gasteiger partial charge in [-0.1, -0.05) is 12.1 Å². The molecule has 2 N–H and O–H groups in total. The second-order valence-electron chi connectivity index (χ2n) is 4.74. The predicted octanol–water partition coefficient (Wildman–Crippen LogP) is 4.41. The first kappa shape index (κ1) is 16.0. The fourth-order valence-electron chi connectivity index (χ4n) is 2.23. The van der Waals surface area contributed by atoms with Crippen molar-refractivity contribution in [2.75, 3.05) is 12.4 Å². The molecule has 0 aliphatic heterocycles. The molecule has 0 unspecified atom stereocenters. The number of rotatable bonds is 3. The molecule has 0 spiro atoms. The standard InChI is InChI=1S/C15H12Br2N2O2S/c1-7-3-2-4-8-11(7)19-12-9(16)15(22-6-5-20)10(17)14(21)13(12)18-8/h2-4,20-21H,5-6H2,1H3.